The summed E-state index contributed by atoms with van der Waals surface area (Å²) in [5.41, 5.74) is 0.659. The number of carbonyl (C=O) groups is 1. The fourth-order valence-electron chi connectivity index (χ4n) is 2.35. The van der Waals surface area contributed by atoms with Crippen molar-refractivity contribution in [3.05, 3.63) is 22.7 Å². The lowest BCUT2D eigenvalue weighted by Crippen LogP contribution is -2.43. The fourth-order valence-corrected chi connectivity index (χ4v) is 2.57. The molecule has 2 atom stereocenters. The molecule has 3 rings (SSSR count). The first-order valence-corrected chi connectivity index (χ1v) is 7.14. The SMILES string of the molecule is O=C(Cc1cc2c(cc1Cl)OCCO2)NC1COCC1O. The van der Waals surface area contributed by atoms with Crippen LogP contribution in [0.15, 0.2) is 12.1 Å². The number of fused-ring (bicyclic) bond motifs is 1. The Morgan fingerprint density at radius 2 is 2.00 bits per heavy atom. The van der Waals surface area contributed by atoms with Gasteiger partial charge in [-0.25, -0.2) is 0 Å². The smallest absolute Gasteiger partial charge is 0.224 e. The molecule has 2 heterocycles. The maximum Gasteiger partial charge on any atom is 0.224 e. The van der Waals surface area contributed by atoms with E-state index in [-0.39, 0.29) is 25.0 Å². The Bertz CT molecular complexity index is 550. The number of aliphatic hydroxyl groups is 1. The summed E-state index contributed by atoms with van der Waals surface area (Å²) in [6.45, 7) is 1.53. The average Bonchev–Trinajstić information content (AvgIpc) is 2.85. The molecule has 0 aliphatic carbocycles. The summed E-state index contributed by atoms with van der Waals surface area (Å²) in [4.78, 5) is 12.0. The van der Waals surface area contributed by atoms with E-state index in [1.807, 2.05) is 0 Å². The molecule has 1 amide bonds. The van der Waals surface area contributed by atoms with Crippen molar-refractivity contribution in [2.45, 2.75) is 18.6 Å². The summed E-state index contributed by atoms with van der Waals surface area (Å²) in [6, 6.07) is 3.01. The molecule has 0 saturated carbocycles. The van der Waals surface area contributed by atoms with E-state index in [0.717, 1.165) is 0 Å². The summed E-state index contributed by atoms with van der Waals surface area (Å²) in [6.07, 6.45) is -0.553. The Hall–Kier alpha value is -1.50. The van der Waals surface area contributed by atoms with Gasteiger partial charge in [0.25, 0.3) is 0 Å². The van der Waals surface area contributed by atoms with Crippen molar-refractivity contribution in [2.75, 3.05) is 26.4 Å². The predicted molar refractivity (Wildman–Crippen MR) is 74.9 cm³/mol. The van der Waals surface area contributed by atoms with Crippen LogP contribution in [0.3, 0.4) is 0 Å². The van der Waals surface area contributed by atoms with Crippen LogP contribution < -0.4 is 14.8 Å². The second-order valence-corrected chi connectivity index (χ2v) is 5.45. The summed E-state index contributed by atoms with van der Waals surface area (Å²) in [5.74, 6) is 0.968. The van der Waals surface area contributed by atoms with Crippen molar-refractivity contribution < 1.29 is 24.1 Å². The lowest BCUT2D eigenvalue weighted by molar-refractivity contribution is -0.121. The van der Waals surface area contributed by atoms with Crippen LogP contribution in [-0.2, 0) is 16.0 Å². The lowest BCUT2D eigenvalue weighted by atomic mass is 10.1. The summed E-state index contributed by atoms with van der Waals surface area (Å²) >= 11 is 6.16. The number of aliphatic hydroxyl groups excluding tert-OH is 1. The van der Waals surface area contributed by atoms with Crippen molar-refractivity contribution in [1.82, 2.24) is 5.32 Å². The first kappa shape index (κ1) is 14.4. The minimum atomic E-state index is -0.662. The molecular weight excluding hydrogens is 298 g/mol. The van der Waals surface area contributed by atoms with E-state index in [1.54, 1.807) is 12.1 Å². The second kappa shape index (κ2) is 6.09. The number of ether oxygens (including phenoxy) is 3. The first-order valence-electron chi connectivity index (χ1n) is 6.76. The molecule has 0 aromatic heterocycles. The third kappa shape index (κ3) is 3.23. The molecule has 0 bridgehead atoms. The van der Waals surface area contributed by atoms with Crippen LogP contribution in [0.4, 0.5) is 0 Å². The van der Waals surface area contributed by atoms with Gasteiger partial charge in [0.1, 0.15) is 13.2 Å². The van der Waals surface area contributed by atoms with E-state index >= 15 is 0 Å². The molecule has 2 unspecified atom stereocenters. The monoisotopic (exact) mass is 313 g/mol. The zero-order valence-corrected chi connectivity index (χ0v) is 12.1. The fraction of sp³-hybridized carbons (Fsp3) is 0.500. The van der Waals surface area contributed by atoms with Gasteiger partial charge in [-0.2, -0.15) is 0 Å². The maximum absolute atomic E-state index is 12.0. The van der Waals surface area contributed by atoms with Crippen LogP contribution in [-0.4, -0.2) is 49.6 Å². The van der Waals surface area contributed by atoms with E-state index in [0.29, 0.717) is 41.9 Å². The van der Waals surface area contributed by atoms with Crippen LogP contribution in [0.25, 0.3) is 0 Å². The molecule has 7 heteroatoms. The first-order chi connectivity index (χ1) is 10.1. The zero-order chi connectivity index (χ0) is 14.8. The Morgan fingerprint density at radius 1 is 1.29 bits per heavy atom. The van der Waals surface area contributed by atoms with E-state index in [1.165, 1.54) is 0 Å². The largest absolute Gasteiger partial charge is 0.486 e. The molecule has 6 nitrogen and oxygen atoms in total. The normalized spacial score (nSPS) is 23.9. The Kier molecular flexibility index (Phi) is 4.19. The molecular formula is C14H16ClNO5. The third-order valence-electron chi connectivity index (χ3n) is 3.46. The van der Waals surface area contributed by atoms with Gasteiger partial charge < -0.3 is 24.6 Å². The molecule has 2 aliphatic rings. The van der Waals surface area contributed by atoms with Gasteiger partial charge in [-0.3, -0.25) is 4.79 Å². The minimum Gasteiger partial charge on any atom is -0.486 e. The number of benzene rings is 1. The van der Waals surface area contributed by atoms with Gasteiger partial charge in [-0.15, -0.1) is 0 Å². The highest BCUT2D eigenvalue weighted by Gasteiger charge is 2.27. The number of halogens is 1. The molecule has 2 aliphatic heterocycles. The molecule has 1 aromatic carbocycles. The highest BCUT2D eigenvalue weighted by Crippen LogP contribution is 2.35. The maximum atomic E-state index is 12.0. The van der Waals surface area contributed by atoms with Gasteiger partial charge in [0.05, 0.1) is 31.8 Å². The topological polar surface area (TPSA) is 77.0 Å². The highest BCUT2D eigenvalue weighted by molar-refractivity contribution is 6.31. The zero-order valence-electron chi connectivity index (χ0n) is 11.3. The summed E-state index contributed by atoms with van der Waals surface area (Å²) < 4.78 is 16.0. The van der Waals surface area contributed by atoms with Crippen molar-refractivity contribution >= 4 is 17.5 Å². The van der Waals surface area contributed by atoms with Crippen LogP contribution in [0.5, 0.6) is 11.5 Å². The summed E-state index contributed by atoms with van der Waals surface area (Å²) in [5, 5.41) is 12.8. The lowest BCUT2D eigenvalue weighted by Gasteiger charge is -2.20. The quantitative estimate of drug-likeness (QED) is 0.851. The summed E-state index contributed by atoms with van der Waals surface area (Å²) in [7, 11) is 0. The van der Waals surface area contributed by atoms with E-state index in [4.69, 9.17) is 25.8 Å². The van der Waals surface area contributed by atoms with Crippen molar-refractivity contribution in [1.29, 1.82) is 0 Å². The number of hydrogen-bond acceptors (Lipinski definition) is 5. The number of nitrogens with one attached hydrogen (secondary N) is 1. The molecule has 0 radical (unpaired) electrons. The number of rotatable bonds is 3. The number of hydrogen-bond donors (Lipinski definition) is 2. The molecule has 21 heavy (non-hydrogen) atoms. The average molecular weight is 314 g/mol. The van der Waals surface area contributed by atoms with E-state index < -0.39 is 6.10 Å². The van der Waals surface area contributed by atoms with Gasteiger partial charge in [0.2, 0.25) is 5.91 Å². The van der Waals surface area contributed by atoms with E-state index in [2.05, 4.69) is 5.32 Å². The Labute approximate surface area is 126 Å². The molecule has 1 fully saturated rings. The highest BCUT2D eigenvalue weighted by atomic mass is 35.5. The standard InChI is InChI=1S/C14H16ClNO5/c15-9-5-13-12(20-1-2-21-13)3-8(9)4-14(18)16-10-6-19-7-11(10)17/h3,5,10-11,17H,1-2,4,6-7H2,(H,16,18). The van der Waals surface area contributed by atoms with Gasteiger partial charge in [0, 0.05) is 11.1 Å². The molecule has 1 aromatic rings. The predicted octanol–water partition coefficient (Wildman–Crippen LogP) is 0.530. The van der Waals surface area contributed by atoms with Crippen molar-refractivity contribution in [2.24, 2.45) is 0 Å². The van der Waals surface area contributed by atoms with Crippen LogP contribution >= 0.6 is 11.6 Å². The number of carbonyl (C=O) groups excluding carboxylic acids is 1. The second-order valence-electron chi connectivity index (χ2n) is 5.04. The van der Waals surface area contributed by atoms with Gasteiger partial charge in [-0.1, -0.05) is 11.6 Å². The molecule has 1 saturated heterocycles. The van der Waals surface area contributed by atoms with Crippen LogP contribution in [0.2, 0.25) is 5.02 Å². The van der Waals surface area contributed by atoms with Crippen LogP contribution in [0.1, 0.15) is 5.56 Å². The van der Waals surface area contributed by atoms with Gasteiger partial charge >= 0.3 is 0 Å². The van der Waals surface area contributed by atoms with E-state index in [9.17, 15) is 9.90 Å². The van der Waals surface area contributed by atoms with Crippen LogP contribution in [0, 0.1) is 0 Å². The molecule has 0 spiro atoms. The number of amides is 1. The van der Waals surface area contributed by atoms with Crippen molar-refractivity contribution in [3.8, 4) is 11.5 Å². The molecule has 2 N–H and O–H groups in total. The Balaban J connectivity index is 1.68. The molecule has 114 valence electrons. The minimum absolute atomic E-state index is 0.110. The van der Waals surface area contributed by atoms with Gasteiger partial charge in [-0.05, 0) is 11.6 Å². The van der Waals surface area contributed by atoms with Gasteiger partial charge in [0.15, 0.2) is 11.5 Å². The Morgan fingerprint density at radius 3 is 2.67 bits per heavy atom. The third-order valence-corrected chi connectivity index (χ3v) is 3.81. The van der Waals surface area contributed by atoms with Crippen molar-refractivity contribution in [3.63, 3.8) is 0 Å².